The average molecular weight is 222 g/mol. The molecule has 0 heterocycles. The Bertz CT molecular complexity index is 302. The molecule has 0 saturated heterocycles. The molecule has 3 nitrogen and oxygen atoms in total. The van der Waals surface area contributed by atoms with Gasteiger partial charge < -0.3 is 15.4 Å². The Morgan fingerprint density at radius 3 is 2.81 bits per heavy atom. The van der Waals surface area contributed by atoms with Gasteiger partial charge in [0.2, 0.25) is 0 Å². The Kier molecular flexibility index (Phi) is 5.90. The Morgan fingerprint density at radius 1 is 1.38 bits per heavy atom. The molecule has 3 heteroatoms. The summed E-state index contributed by atoms with van der Waals surface area (Å²) in [6.45, 7) is 3.83. The third kappa shape index (κ3) is 3.83. The van der Waals surface area contributed by atoms with Crippen molar-refractivity contribution in [1.82, 2.24) is 5.32 Å². The van der Waals surface area contributed by atoms with E-state index in [0.29, 0.717) is 6.04 Å². The van der Waals surface area contributed by atoms with Crippen molar-refractivity contribution in [1.29, 1.82) is 0 Å². The third-order valence-electron chi connectivity index (χ3n) is 2.68. The summed E-state index contributed by atoms with van der Waals surface area (Å²) >= 11 is 0. The molecule has 90 valence electrons. The topological polar surface area (TPSA) is 33.3 Å². The van der Waals surface area contributed by atoms with Gasteiger partial charge in [0.05, 0.1) is 6.61 Å². The van der Waals surface area contributed by atoms with Crippen LogP contribution in [-0.4, -0.2) is 27.3 Å². The maximum absolute atomic E-state index is 5.04. The van der Waals surface area contributed by atoms with Gasteiger partial charge in [-0.2, -0.15) is 0 Å². The summed E-state index contributed by atoms with van der Waals surface area (Å²) in [7, 11) is 3.67. The molecule has 0 aliphatic carbocycles. The second kappa shape index (κ2) is 7.25. The normalized spacial score (nSPS) is 12.4. The molecule has 0 amide bonds. The molecular weight excluding hydrogens is 200 g/mol. The summed E-state index contributed by atoms with van der Waals surface area (Å²) in [6.07, 6.45) is 1.08. The fraction of sp³-hybridized carbons (Fsp3) is 0.538. The van der Waals surface area contributed by atoms with Crippen molar-refractivity contribution < 1.29 is 4.74 Å². The predicted molar refractivity (Wildman–Crippen MR) is 68.9 cm³/mol. The van der Waals surface area contributed by atoms with Gasteiger partial charge in [-0.25, -0.2) is 0 Å². The zero-order valence-corrected chi connectivity index (χ0v) is 10.4. The Labute approximate surface area is 98.2 Å². The highest BCUT2D eigenvalue weighted by Crippen LogP contribution is 2.19. The molecule has 1 rings (SSSR count). The number of hydrogen-bond donors (Lipinski definition) is 2. The molecule has 16 heavy (non-hydrogen) atoms. The van der Waals surface area contributed by atoms with Crippen molar-refractivity contribution in [3.8, 4) is 0 Å². The van der Waals surface area contributed by atoms with Crippen molar-refractivity contribution in [2.75, 3.05) is 32.6 Å². The van der Waals surface area contributed by atoms with Crippen LogP contribution >= 0.6 is 0 Å². The standard InChI is InChI=1S/C13H22N2O/c1-4-13(15-8-9-16-3)11-6-5-7-12(10-11)14-2/h5-7,10,13-15H,4,8-9H2,1-3H3. The van der Waals surface area contributed by atoms with Crippen molar-refractivity contribution in [2.45, 2.75) is 19.4 Å². The fourth-order valence-electron chi connectivity index (χ4n) is 1.74. The van der Waals surface area contributed by atoms with E-state index in [1.165, 1.54) is 5.56 Å². The molecule has 0 aliphatic rings. The quantitative estimate of drug-likeness (QED) is 0.695. The monoisotopic (exact) mass is 222 g/mol. The molecule has 2 N–H and O–H groups in total. The molecule has 0 bridgehead atoms. The lowest BCUT2D eigenvalue weighted by Gasteiger charge is -2.18. The molecule has 1 aromatic rings. The summed E-state index contributed by atoms with van der Waals surface area (Å²) < 4.78 is 5.04. The number of nitrogens with one attached hydrogen (secondary N) is 2. The maximum Gasteiger partial charge on any atom is 0.0587 e. The summed E-state index contributed by atoms with van der Waals surface area (Å²) in [4.78, 5) is 0. The van der Waals surface area contributed by atoms with Gasteiger partial charge in [-0.05, 0) is 24.1 Å². The molecular formula is C13H22N2O. The summed E-state index contributed by atoms with van der Waals surface area (Å²) in [5.74, 6) is 0. The number of hydrogen-bond acceptors (Lipinski definition) is 3. The Hall–Kier alpha value is -1.06. The van der Waals surface area contributed by atoms with Crippen molar-refractivity contribution in [2.24, 2.45) is 0 Å². The smallest absolute Gasteiger partial charge is 0.0587 e. The molecule has 1 atom stereocenters. The third-order valence-corrected chi connectivity index (χ3v) is 2.68. The van der Waals surface area contributed by atoms with Crippen LogP contribution in [0.4, 0.5) is 5.69 Å². The summed E-state index contributed by atoms with van der Waals surface area (Å²) in [5, 5.41) is 6.65. The van der Waals surface area contributed by atoms with E-state index in [1.54, 1.807) is 7.11 Å². The van der Waals surface area contributed by atoms with Gasteiger partial charge in [0.1, 0.15) is 0 Å². The lowest BCUT2D eigenvalue weighted by Crippen LogP contribution is -2.24. The first-order valence-electron chi connectivity index (χ1n) is 5.81. The van der Waals surface area contributed by atoms with Crippen molar-refractivity contribution in [3.05, 3.63) is 29.8 Å². The number of ether oxygens (including phenoxy) is 1. The van der Waals surface area contributed by atoms with E-state index < -0.39 is 0 Å². The molecule has 1 aromatic carbocycles. The van der Waals surface area contributed by atoms with Crippen LogP contribution in [0.1, 0.15) is 24.9 Å². The highest BCUT2D eigenvalue weighted by molar-refractivity contribution is 5.45. The number of rotatable bonds is 7. The Balaban J connectivity index is 2.62. The minimum Gasteiger partial charge on any atom is -0.388 e. The van der Waals surface area contributed by atoms with Crippen LogP contribution in [0.3, 0.4) is 0 Å². The minimum atomic E-state index is 0.406. The largest absolute Gasteiger partial charge is 0.388 e. The van der Waals surface area contributed by atoms with Gasteiger partial charge in [-0.3, -0.25) is 0 Å². The minimum absolute atomic E-state index is 0.406. The zero-order chi connectivity index (χ0) is 11.8. The number of benzene rings is 1. The van der Waals surface area contributed by atoms with E-state index in [1.807, 2.05) is 7.05 Å². The first kappa shape index (κ1) is 13.0. The zero-order valence-electron chi connectivity index (χ0n) is 10.4. The molecule has 0 radical (unpaired) electrons. The van der Waals surface area contributed by atoms with Gasteiger partial charge in [-0.15, -0.1) is 0 Å². The number of anilines is 1. The van der Waals surface area contributed by atoms with Gasteiger partial charge in [0.15, 0.2) is 0 Å². The Morgan fingerprint density at radius 2 is 2.19 bits per heavy atom. The lowest BCUT2D eigenvalue weighted by molar-refractivity contribution is 0.195. The van der Waals surface area contributed by atoms with E-state index in [2.05, 4.69) is 41.8 Å². The highest BCUT2D eigenvalue weighted by Gasteiger charge is 2.08. The van der Waals surface area contributed by atoms with Crippen molar-refractivity contribution >= 4 is 5.69 Å². The van der Waals surface area contributed by atoms with Crippen LogP contribution < -0.4 is 10.6 Å². The van der Waals surface area contributed by atoms with Crippen molar-refractivity contribution in [3.63, 3.8) is 0 Å². The molecule has 0 fully saturated rings. The van der Waals surface area contributed by atoms with E-state index in [4.69, 9.17) is 4.74 Å². The van der Waals surface area contributed by atoms with E-state index in [0.717, 1.165) is 25.3 Å². The molecule has 0 spiro atoms. The fourth-order valence-corrected chi connectivity index (χ4v) is 1.74. The van der Waals surface area contributed by atoms with Gasteiger partial charge >= 0.3 is 0 Å². The summed E-state index contributed by atoms with van der Waals surface area (Å²) in [5.41, 5.74) is 2.48. The predicted octanol–water partition coefficient (Wildman–Crippen LogP) is 2.42. The van der Waals surface area contributed by atoms with Gasteiger partial charge in [0.25, 0.3) is 0 Å². The molecule has 1 unspecified atom stereocenters. The first-order chi connectivity index (χ1) is 7.81. The SMILES string of the molecule is CCC(NCCOC)c1cccc(NC)c1. The van der Waals surface area contributed by atoms with Crippen LogP contribution in [0.5, 0.6) is 0 Å². The van der Waals surface area contributed by atoms with Gasteiger partial charge in [-0.1, -0.05) is 19.1 Å². The summed E-state index contributed by atoms with van der Waals surface area (Å²) in [6, 6.07) is 8.92. The van der Waals surface area contributed by atoms with E-state index in [9.17, 15) is 0 Å². The van der Waals surface area contributed by atoms with Crippen LogP contribution in [0.25, 0.3) is 0 Å². The first-order valence-corrected chi connectivity index (χ1v) is 5.81. The van der Waals surface area contributed by atoms with Gasteiger partial charge in [0, 0.05) is 32.4 Å². The van der Waals surface area contributed by atoms with Crippen LogP contribution in [0.15, 0.2) is 24.3 Å². The molecule has 0 saturated carbocycles. The van der Waals surface area contributed by atoms with Crippen LogP contribution in [0.2, 0.25) is 0 Å². The van der Waals surface area contributed by atoms with E-state index >= 15 is 0 Å². The van der Waals surface area contributed by atoms with Crippen LogP contribution in [-0.2, 0) is 4.74 Å². The molecule has 0 aliphatic heterocycles. The molecule has 0 aromatic heterocycles. The lowest BCUT2D eigenvalue weighted by atomic mass is 10.0. The average Bonchev–Trinajstić information content (AvgIpc) is 2.35. The van der Waals surface area contributed by atoms with Crippen LogP contribution in [0, 0.1) is 0 Å². The maximum atomic E-state index is 5.04. The number of methoxy groups -OCH3 is 1. The van der Waals surface area contributed by atoms with E-state index in [-0.39, 0.29) is 0 Å². The highest BCUT2D eigenvalue weighted by atomic mass is 16.5. The second-order valence-corrected chi connectivity index (χ2v) is 3.78. The second-order valence-electron chi connectivity index (χ2n) is 3.78.